The van der Waals surface area contributed by atoms with Gasteiger partial charge in [-0.2, -0.15) is 5.26 Å². The first-order valence-electron chi connectivity index (χ1n) is 11.3. The molecule has 3 heteroatoms. The molecular weight excluding hydrogens is 322 g/mol. The van der Waals surface area contributed by atoms with Crippen molar-refractivity contribution < 1.29 is 9.53 Å². The molecule has 3 nitrogen and oxygen atoms in total. The van der Waals surface area contributed by atoms with Crippen LogP contribution in [0.4, 0.5) is 0 Å². The Hall–Kier alpha value is -1.04. The predicted octanol–water partition coefficient (Wildman–Crippen LogP) is 6.70. The molecule has 0 bridgehead atoms. The van der Waals surface area contributed by atoms with Gasteiger partial charge in [-0.15, -0.1) is 0 Å². The van der Waals surface area contributed by atoms with Gasteiger partial charge in [0.25, 0.3) is 0 Å². The van der Waals surface area contributed by atoms with Crippen molar-refractivity contribution in [2.45, 2.75) is 122 Å². The van der Waals surface area contributed by atoms with Gasteiger partial charge in [-0.25, -0.2) is 0 Å². The second-order valence-electron chi connectivity index (χ2n) is 8.69. The quantitative estimate of drug-likeness (QED) is 0.321. The predicted molar refractivity (Wildman–Crippen MR) is 106 cm³/mol. The van der Waals surface area contributed by atoms with Crippen LogP contribution in [0.15, 0.2) is 0 Å². The summed E-state index contributed by atoms with van der Waals surface area (Å²) in [5, 5.41) is 9.65. The molecule has 0 spiro atoms. The van der Waals surface area contributed by atoms with Crippen molar-refractivity contribution in [3.8, 4) is 6.07 Å². The van der Waals surface area contributed by atoms with Crippen molar-refractivity contribution >= 4 is 5.97 Å². The van der Waals surface area contributed by atoms with Crippen LogP contribution < -0.4 is 0 Å². The molecule has 0 unspecified atom stereocenters. The van der Waals surface area contributed by atoms with Gasteiger partial charge in [-0.3, -0.25) is 4.79 Å². The average Bonchev–Trinajstić information content (AvgIpc) is 2.68. The van der Waals surface area contributed by atoms with Crippen LogP contribution in [0.5, 0.6) is 0 Å². The fourth-order valence-corrected chi connectivity index (χ4v) is 4.92. The average molecular weight is 362 g/mol. The summed E-state index contributed by atoms with van der Waals surface area (Å²) in [7, 11) is 0. The van der Waals surface area contributed by atoms with E-state index in [4.69, 9.17) is 4.74 Å². The smallest absolute Gasteiger partial charge is 0.307 e. The van der Waals surface area contributed by atoms with Crippen LogP contribution in [0.3, 0.4) is 0 Å². The first-order chi connectivity index (χ1) is 12.7. The van der Waals surface area contributed by atoms with Crippen LogP contribution in [0.1, 0.15) is 116 Å². The fourth-order valence-electron chi connectivity index (χ4n) is 4.92. The van der Waals surface area contributed by atoms with E-state index in [2.05, 4.69) is 13.0 Å². The molecule has 0 N–H and O–H groups in total. The van der Waals surface area contributed by atoms with Crippen LogP contribution >= 0.6 is 0 Å². The maximum Gasteiger partial charge on any atom is 0.307 e. The van der Waals surface area contributed by atoms with E-state index in [1.54, 1.807) is 0 Å². The summed E-state index contributed by atoms with van der Waals surface area (Å²) in [4.78, 5) is 12.2. The molecule has 148 valence electrons. The number of unbranched alkanes of at least 4 members (excludes halogenated alkanes) is 6. The highest BCUT2D eigenvalue weighted by molar-refractivity contribution is 5.70. The lowest BCUT2D eigenvalue weighted by Gasteiger charge is -2.39. The number of rotatable bonds is 10. The molecule has 0 amide bonds. The number of carbonyl (C=O) groups excluding carboxylic acids is 1. The maximum absolute atomic E-state index is 12.2. The molecule has 2 rings (SSSR count). The highest BCUT2D eigenvalue weighted by atomic mass is 16.6. The van der Waals surface area contributed by atoms with Gasteiger partial charge in [0.2, 0.25) is 0 Å². The Morgan fingerprint density at radius 1 is 0.923 bits per heavy atom. The molecule has 2 saturated carbocycles. The SMILES string of the molecule is CCCCCCCCCC(=O)O[C@]1(C#N)CC[C@@H](C2CCCCC2)CC1. The van der Waals surface area contributed by atoms with Crippen LogP contribution in [0, 0.1) is 23.2 Å². The number of nitrogens with zero attached hydrogens (tertiary/aromatic N) is 1. The van der Waals surface area contributed by atoms with Crippen molar-refractivity contribution in [2.24, 2.45) is 11.8 Å². The Morgan fingerprint density at radius 3 is 2.12 bits per heavy atom. The van der Waals surface area contributed by atoms with Crippen LogP contribution in [0.2, 0.25) is 0 Å². The zero-order valence-electron chi connectivity index (χ0n) is 16.9. The minimum atomic E-state index is -0.830. The van der Waals surface area contributed by atoms with E-state index >= 15 is 0 Å². The number of esters is 1. The van der Waals surface area contributed by atoms with Gasteiger partial charge >= 0.3 is 5.97 Å². The van der Waals surface area contributed by atoms with Crippen molar-refractivity contribution in [2.75, 3.05) is 0 Å². The topological polar surface area (TPSA) is 50.1 Å². The number of hydrogen-bond donors (Lipinski definition) is 0. The van der Waals surface area contributed by atoms with E-state index in [1.807, 2.05) is 0 Å². The summed E-state index contributed by atoms with van der Waals surface area (Å²) in [6.07, 6.45) is 19.3. The molecule has 2 fully saturated rings. The van der Waals surface area contributed by atoms with Gasteiger partial charge < -0.3 is 4.74 Å². The van der Waals surface area contributed by atoms with Crippen molar-refractivity contribution in [1.29, 1.82) is 5.26 Å². The Morgan fingerprint density at radius 2 is 1.50 bits per heavy atom. The molecule has 0 aromatic rings. The van der Waals surface area contributed by atoms with E-state index in [-0.39, 0.29) is 5.97 Å². The third-order valence-corrected chi connectivity index (χ3v) is 6.65. The minimum absolute atomic E-state index is 0.156. The normalized spacial score (nSPS) is 27.0. The number of ether oxygens (including phenoxy) is 1. The first kappa shape index (κ1) is 21.3. The molecule has 26 heavy (non-hydrogen) atoms. The zero-order valence-corrected chi connectivity index (χ0v) is 16.9. The van der Waals surface area contributed by atoms with Gasteiger partial charge in [0.15, 0.2) is 5.60 Å². The minimum Gasteiger partial charge on any atom is -0.444 e. The van der Waals surface area contributed by atoms with E-state index in [1.165, 1.54) is 64.2 Å². The third kappa shape index (κ3) is 6.93. The van der Waals surface area contributed by atoms with Crippen LogP contribution in [-0.2, 0) is 9.53 Å². The molecule has 0 atom stereocenters. The molecule has 0 heterocycles. The Bertz CT molecular complexity index is 440. The van der Waals surface area contributed by atoms with E-state index < -0.39 is 5.60 Å². The number of nitriles is 1. The monoisotopic (exact) mass is 361 g/mol. The summed E-state index contributed by atoms with van der Waals surface area (Å²) in [5.41, 5.74) is -0.830. The Balaban J connectivity index is 1.65. The number of carbonyl (C=O) groups is 1. The largest absolute Gasteiger partial charge is 0.444 e. The standard InChI is InChI=1S/C23H39NO2/c1-2-3-4-5-6-7-11-14-22(25)26-23(19-24)17-15-21(16-18-23)20-12-9-8-10-13-20/h20-21H,2-18H2,1H3/t21-,23-. The lowest BCUT2D eigenvalue weighted by atomic mass is 9.70. The summed E-state index contributed by atoms with van der Waals surface area (Å²) in [6.45, 7) is 2.23. The van der Waals surface area contributed by atoms with E-state index in [9.17, 15) is 10.1 Å². The highest BCUT2D eigenvalue weighted by Gasteiger charge is 2.40. The maximum atomic E-state index is 12.2. The lowest BCUT2D eigenvalue weighted by Crippen LogP contribution is -2.39. The summed E-state index contributed by atoms with van der Waals surface area (Å²) >= 11 is 0. The van der Waals surface area contributed by atoms with Crippen LogP contribution in [-0.4, -0.2) is 11.6 Å². The Labute approximate surface area is 160 Å². The van der Waals surface area contributed by atoms with E-state index in [0.717, 1.165) is 50.4 Å². The van der Waals surface area contributed by atoms with Crippen molar-refractivity contribution in [3.63, 3.8) is 0 Å². The molecule has 2 aliphatic rings. The van der Waals surface area contributed by atoms with Gasteiger partial charge in [0, 0.05) is 19.3 Å². The van der Waals surface area contributed by atoms with Gasteiger partial charge in [-0.05, 0) is 31.1 Å². The van der Waals surface area contributed by atoms with E-state index in [0.29, 0.717) is 6.42 Å². The summed E-state index contributed by atoms with van der Waals surface area (Å²) in [6, 6.07) is 2.35. The molecule has 0 aromatic heterocycles. The molecule has 0 radical (unpaired) electrons. The molecule has 0 aromatic carbocycles. The van der Waals surface area contributed by atoms with Crippen molar-refractivity contribution in [3.05, 3.63) is 0 Å². The second-order valence-corrected chi connectivity index (χ2v) is 8.69. The van der Waals surface area contributed by atoms with Gasteiger partial charge in [-0.1, -0.05) is 77.6 Å². The van der Waals surface area contributed by atoms with Crippen LogP contribution in [0.25, 0.3) is 0 Å². The first-order valence-corrected chi connectivity index (χ1v) is 11.3. The third-order valence-electron chi connectivity index (χ3n) is 6.65. The number of hydrogen-bond acceptors (Lipinski definition) is 3. The summed E-state index contributed by atoms with van der Waals surface area (Å²) in [5.74, 6) is 1.44. The van der Waals surface area contributed by atoms with Crippen molar-refractivity contribution in [1.82, 2.24) is 0 Å². The summed E-state index contributed by atoms with van der Waals surface area (Å²) < 4.78 is 5.71. The Kier molecular flexibility index (Phi) is 9.51. The fraction of sp³-hybridized carbons (Fsp3) is 0.913. The molecule has 2 aliphatic carbocycles. The zero-order chi connectivity index (χ0) is 18.7. The lowest BCUT2D eigenvalue weighted by molar-refractivity contribution is -0.158. The molecular formula is C23H39NO2. The second kappa shape index (κ2) is 11.6. The molecule has 0 aliphatic heterocycles. The van der Waals surface area contributed by atoms with Gasteiger partial charge in [0.05, 0.1) is 0 Å². The molecule has 0 saturated heterocycles. The highest BCUT2D eigenvalue weighted by Crippen LogP contribution is 2.42. The van der Waals surface area contributed by atoms with Gasteiger partial charge in [0.1, 0.15) is 6.07 Å².